The molecule has 3 aromatic rings. The van der Waals surface area contributed by atoms with Crippen LogP contribution in [-0.4, -0.2) is 11.6 Å². The van der Waals surface area contributed by atoms with E-state index in [4.69, 9.17) is 10.5 Å². The number of aromatic nitrogens is 1. The van der Waals surface area contributed by atoms with Gasteiger partial charge in [-0.25, -0.2) is 0 Å². The number of pyridine rings is 1. The van der Waals surface area contributed by atoms with Gasteiger partial charge in [0.2, 0.25) is 0 Å². The van der Waals surface area contributed by atoms with Crippen molar-refractivity contribution in [2.45, 2.75) is 6.42 Å². The van der Waals surface area contributed by atoms with E-state index in [0.29, 0.717) is 24.3 Å². The van der Waals surface area contributed by atoms with Gasteiger partial charge < -0.3 is 15.5 Å². The van der Waals surface area contributed by atoms with E-state index in [1.54, 1.807) is 24.3 Å². The minimum absolute atomic E-state index is 0.0465. The van der Waals surface area contributed by atoms with E-state index in [1.165, 1.54) is 0 Å². The summed E-state index contributed by atoms with van der Waals surface area (Å²) >= 11 is 0. The molecule has 0 spiro atoms. The van der Waals surface area contributed by atoms with Crippen LogP contribution in [0.4, 0.5) is 5.82 Å². The summed E-state index contributed by atoms with van der Waals surface area (Å²) in [6, 6.07) is 20.7. The number of nitrogen functional groups attached to an aromatic ring is 1. The van der Waals surface area contributed by atoms with Crippen LogP contribution < -0.4 is 16.0 Å². The van der Waals surface area contributed by atoms with E-state index >= 15 is 0 Å². The lowest BCUT2D eigenvalue weighted by molar-refractivity contribution is 0.323. The van der Waals surface area contributed by atoms with Crippen LogP contribution in [0.2, 0.25) is 0 Å². The second kappa shape index (κ2) is 7.90. The van der Waals surface area contributed by atoms with E-state index in [1.807, 2.05) is 42.5 Å². The van der Waals surface area contributed by atoms with Crippen molar-refractivity contribution in [2.24, 2.45) is 0 Å². The highest BCUT2D eigenvalue weighted by Crippen LogP contribution is 2.35. The Hall–Kier alpha value is -4.03. The molecule has 0 atom stereocenters. The first-order valence-corrected chi connectivity index (χ1v) is 8.27. The van der Waals surface area contributed by atoms with Crippen molar-refractivity contribution in [1.82, 2.24) is 4.98 Å². The van der Waals surface area contributed by atoms with E-state index < -0.39 is 5.56 Å². The van der Waals surface area contributed by atoms with Crippen LogP contribution >= 0.6 is 0 Å². The maximum absolute atomic E-state index is 12.1. The number of nitrogens with zero attached hydrogens (tertiary/aromatic N) is 2. The predicted molar refractivity (Wildman–Crippen MR) is 102 cm³/mol. The number of hydrogen-bond donors (Lipinski definition) is 2. The number of aromatic amines is 1. The SMILES string of the molecule is N#Cc1c(N)[nH]c(=O)c(C#N)c1-c1ccccc1OCCc1ccccc1. The summed E-state index contributed by atoms with van der Waals surface area (Å²) in [5.41, 5.74) is 6.84. The molecule has 0 aliphatic carbocycles. The van der Waals surface area contributed by atoms with Crippen molar-refractivity contribution < 1.29 is 4.74 Å². The molecule has 0 unspecified atom stereocenters. The molecule has 1 heterocycles. The standard InChI is InChI=1S/C21H16N4O2/c22-12-16-19(17(13-23)21(26)25-20(16)24)15-8-4-5-9-18(15)27-11-10-14-6-2-1-3-7-14/h1-9H,10-11H2,(H3,24,25,26). The third kappa shape index (κ3) is 3.65. The van der Waals surface area contributed by atoms with E-state index in [2.05, 4.69) is 4.98 Å². The Morgan fingerprint density at radius 1 is 0.963 bits per heavy atom. The summed E-state index contributed by atoms with van der Waals surface area (Å²) in [6.45, 7) is 0.406. The monoisotopic (exact) mass is 356 g/mol. The smallest absolute Gasteiger partial charge is 0.268 e. The van der Waals surface area contributed by atoms with Gasteiger partial charge >= 0.3 is 0 Å². The minimum atomic E-state index is -0.636. The second-order valence-corrected chi connectivity index (χ2v) is 5.80. The predicted octanol–water partition coefficient (Wildman–Crippen LogP) is 2.99. The number of para-hydroxylation sites is 1. The Bertz CT molecular complexity index is 1110. The number of H-pyrrole nitrogens is 1. The molecule has 0 saturated heterocycles. The molecular formula is C21H16N4O2. The van der Waals surface area contributed by atoms with E-state index in [-0.39, 0.29) is 22.5 Å². The Morgan fingerprint density at radius 2 is 1.63 bits per heavy atom. The fourth-order valence-corrected chi connectivity index (χ4v) is 2.84. The van der Waals surface area contributed by atoms with Gasteiger partial charge in [0.15, 0.2) is 0 Å². The molecular weight excluding hydrogens is 340 g/mol. The number of hydrogen-bond acceptors (Lipinski definition) is 5. The van der Waals surface area contributed by atoms with Crippen LogP contribution in [0, 0.1) is 22.7 Å². The molecule has 0 bridgehead atoms. The zero-order valence-corrected chi connectivity index (χ0v) is 14.4. The van der Waals surface area contributed by atoms with Gasteiger partial charge in [-0.3, -0.25) is 4.79 Å². The van der Waals surface area contributed by atoms with Gasteiger partial charge in [0, 0.05) is 17.5 Å². The fraction of sp³-hybridized carbons (Fsp3) is 0.0952. The topological polar surface area (TPSA) is 116 Å². The first kappa shape index (κ1) is 17.8. The molecule has 3 rings (SSSR count). The van der Waals surface area contributed by atoms with Crippen LogP contribution in [0.3, 0.4) is 0 Å². The van der Waals surface area contributed by atoms with Gasteiger partial charge in [0.1, 0.15) is 34.8 Å². The molecule has 0 fully saturated rings. The van der Waals surface area contributed by atoms with Crippen LogP contribution in [0.25, 0.3) is 11.1 Å². The highest BCUT2D eigenvalue weighted by Gasteiger charge is 2.20. The third-order valence-corrected chi connectivity index (χ3v) is 4.12. The van der Waals surface area contributed by atoms with Crippen LogP contribution in [0.5, 0.6) is 5.75 Å². The van der Waals surface area contributed by atoms with Gasteiger partial charge in [-0.1, -0.05) is 48.5 Å². The van der Waals surface area contributed by atoms with Crippen LogP contribution in [0.15, 0.2) is 59.4 Å². The molecule has 132 valence electrons. The lowest BCUT2D eigenvalue weighted by atomic mass is 9.96. The molecule has 1 aromatic heterocycles. The first-order valence-electron chi connectivity index (χ1n) is 8.27. The molecule has 6 heteroatoms. The summed E-state index contributed by atoms with van der Waals surface area (Å²) in [6.07, 6.45) is 0.697. The quantitative estimate of drug-likeness (QED) is 0.729. The lowest BCUT2D eigenvalue weighted by Crippen LogP contribution is -2.16. The number of anilines is 1. The van der Waals surface area contributed by atoms with Crippen LogP contribution in [0.1, 0.15) is 16.7 Å². The summed E-state index contributed by atoms with van der Waals surface area (Å²) in [7, 11) is 0. The van der Waals surface area contributed by atoms with Crippen molar-refractivity contribution >= 4 is 5.82 Å². The minimum Gasteiger partial charge on any atom is -0.493 e. The number of nitriles is 2. The van der Waals surface area contributed by atoms with E-state index in [9.17, 15) is 15.3 Å². The maximum atomic E-state index is 12.1. The number of nitrogens with two attached hydrogens (primary N) is 1. The van der Waals surface area contributed by atoms with Crippen molar-refractivity contribution in [3.8, 4) is 29.0 Å². The lowest BCUT2D eigenvalue weighted by Gasteiger charge is -2.14. The maximum Gasteiger partial charge on any atom is 0.268 e. The average Bonchev–Trinajstić information content (AvgIpc) is 2.69. The van der Waals surface area contributed by atoms with Crippen molar-refractivity contribution in [2.75, 3.05) is 12.3 Å². The summed E-state index contributed by atoms with van der Waals surface area (Å²) in [5.74, 6) is 0.405. The molecule has 2 aromatic carbocycles. The normalized spacial score (nSPS) is 10.0. The molecule has 0 aliphatic heterocycles. The average molecular weight is 356 g/mol. The van der Waals surface area contributed by atoms with Gasteiger partial charge in [0.05, 0.1) is 6.61 Å². The van der Waals surface area contributed by atoms with Crippen LogP contribution in [-0.2, 0) is 6.42 Å². The number of rotatable bonds is 5. The molecule has 0 radical (unpaired) electrons. The fourth-order valence-electron chi connectivity index (χ4n) is 2.84. The van der Waals surface area contributed by atoms with Gasteiger partial charge in [0.25, 0.3) is 5.56 Å². The van der Waals surface area contributed by atoms with Crippen molar-refractivity contribution in [3.05, 3.63) is 81.6 Å². The zero-order valence-electron chi connectivity index (χ0n) is 14.4. The third-order valence-electron chi connectivity index (χ3n) is 4.12. The van der Waals surface area contributed by atoms with Gasteiger partial charge in [-0.15, -0.1) is 0 Å². The molecule has 3 N–H and O–H groups in total. The van der Waals surface area contributed by atoms with Crippen molar-refractivity contribution in [3.63, 3.8) is 0 Å². The second-order valence-electron chi connectivity index (χ2n) is 5.80. The zero-order chi connectivity index (χ0) is 19.2. The Balaban J connectivity index is 2.01. The summed E-state index contributed by atoms with van der Waals surface area (Å²) in [4.78, 5) is 14.5. The Kier molecular flexibility index (Phi) is 5.20. The van der Waals surface area contributed by atoms with Crippen molar-refractivity contribution in [1.29, 1.82) is 10.5 Å². The summed E-state index contributed by atoms with van der Waals surface area (Å²) < 4.78 is 5.90. The number of nitrogens with one attached hydrogen (secondary N) is 1. The molecule has 27 heavy (non-hydrogen) atoms. The van der Waals surface area contributed by atoms with Gasteiger partial charge in [-0.05, 0) is 11.6 Å². The van der Waals surface area contributed by atoms with E-state index in [0.717, 1.165) is 5.56 Å². The summed E-state index contributed by atoms with van der Waals surface area (Å²) in [5, 5.41) is 18.9. The number of ether oxygens (including phenoxy) is 1. The molecule has 0 aliphatic rings. The van der Waals surface area contributed by atoms with Gasteiger partial charge in [-0.2, -0.15) is 10.5 Å². The molecule has 6 nitrogen and oxygen atoms in total. The Morgan fingerprint density at radius 3 is 2.33 bits per heavy atom. The Labute approximate surface area is 156 Å². The highest BCUT2D eigenvalue weighted by molar-refractivity contribution is 5.83. The highest BCUT2D eigenvalue weighted by atomic mass is 16.5. The molecule has 0 saturated carbocycles. The first-order chi connectivity index (χ1) is 13.2. The molecule has 0 amide bonds. The largest absolute Gasteiger partial charge is 0.493 e. The number of benzene rings is 2.